The van der Waals surface area contributed by atoms with Gasteiger partial charge < -0.3 is 14.8 Å². The van der Waals surface area contributed by atoms with E-state index >= 15 is 0 Å². The van der Waals surface area contributed by atoms with Crippen LogP contribution in [-0.4, -0.2) is 19.2 Å². The Morgan fingerprint density at radius 2 is 1.91 bits per heavy atom. The first-order valence-electron chi connectivity index (χ1n) is 7.25. The van der Waals surface area contributed by atoms with E-state index in [1.807, 2.05) is 36.4 Å². The fourth-order valence-electron chi connectivity index (χ4n) is 2.39. The first kappa shape index (κ1) is 15.5. The van der Waals surface area contributed by atoms with Crippen molar-refractivity contribution in [1.29, 1.82) is 0 Å². The Kier molecular flexibility index (Phi) is 5.08. The van der Waals surface area contributed by atoms with Gasteiger partial charge in [-0.3, -0.25) is 0 Å². The van der Waals surface area contributed by atoms with Gasteiger partial charge in [0.15, 0.2) is 11.5 Å². The molecule has 2 aromatic rings. The fourth-order valence-corrected chi connectivity index (χ4v) is 2.76. The molecule has 0 aliphatic carbocycles. The number of hydrogen-bond donors (Lipinski definition) is 1. The van der Waals surface area contributed by atoms with Gasteiger partial charge in [-0.25, -0.2) is 0 Å². The molecule has 1 fully saturated rings. The average Bonchev–Trinajstić information content (AvgIpc) is 3.00. The Labute approximate surface area is 140 Å². The number of nitrogens with one attached hydrogen (secondary N) is 1. The number of halogens is 2. The van der Waals surface area contributed by atoms with Crippen LogP contribution in [0.4, 0.5) is 0 Å². The van der Waals surface area contributed by atoms with Gasteiger partial charge in [-0.05, 0) is 42.8 Å². The largest absolute Gasteiger partial charge is 0.485 e. The van der Waals surface area contributed by atoms with Crippen LogP contribution in [0.15, 0.2) is 42.5 Å². The monoisotopic (exact) mass is 337 g/mol. The summed E-state index contributed by atoms with van der Waals surface area (Å²) in [5, 5.41) is 4.60. The molecule has 116 valence electrons. The van der Waals surface area contributed by atoms with E-state index < -0.39 is 0 Å². The van der Waals surface area contributed by atoms with E-state index in [2.05, 4.69) is 5.32 Å². The van der Waals surface area contributed by atoms with Crippen molar-refractivity contribution in [2.24, 2.45) is 0 Å². The lowest BCUT2D eigenvalue weighted by Crippen LogP contribution is -2.19. The topological polar surface area (TPSA) is 30.5 Å². The molecule has 3 rings (SSSR count). The second-order valence-corrected chi connectivity index (χ2v) is 6.12. The molecular formula is C17H17Cl2NO2. The Morgan fingerprint density at radius 3 is 2.68 bits per heavy atom. The van der Waals surface area contributed by atoms with Crippen molar-refractivity contribution in [3.8, 4) is 11.5 Å². The van der Waals surface area contributed by atoms with Crippen LogP contribution >= 0.6 is 23.2 Å². The minimum Gasteiger partial charge on any atom is -0.485 e. The molecule has 0 spiro atoms. The molecule has 1 aliphatic rings. The molecule has 1 heterocycles. The van der Waals surface area contributed by atoms with Crippen LogP contribution in [0.25, 0.3) is 0 Å². The summed E-state index contributed by atoms with van der Waals surface area (Å²) in [6.45, 7) is 2.26. The summed E-state index contributed by atoms with van der Waals surface area (Å²) in [5.74, 6) is 1.37. The molecule has 1 atom stereocenters. The van der Waals surface area contributed by atoms with Gasteiger partial charge in [0, 0.05) is 22.7 Å². The molecule has 1 saturated heterocycles. The van der Waals surface area contributed by atoms with Crippen molar-refractivity contribution in [2.75, 3.05) is 13.1 Å². The van der Waals surface area contributed by atoms with Crippen LogP contribution in [0.2, 0.25) is 10.0 Å². The minimum atomic E-state index is 0.176. The Hall–Kier alpha value is -1.42. The van der Waals surface area contributed by atoms with E-state index in [-0.39, 0.29) is 6.10 Å². The Bertz CT molecular complexity index is 642. The molecule has 0 amide bonds. The molecule has 3 nitrogen and oxygen atoms in total. The molecule has 1 N–H and O–H groups in total. The predicted octanol–water partition coefficient (Wildman–Crippen LogP) is 4.31. The normalized spacial score (nSPS) is 17.5. The maximum Gasteiger partial charge on any atom is 0.163 e. The first-order chi connectivity index (χ1) is 10.7. The molecule has 1 aliphatic heterocycles. The zero-order chi connectivity index (χ0) is 15.4. The lowest BCUT2D eigenvalue weighted by atomic mass is 10.2. The molecule has 22 heavy (non-hydrogen) atoms. The van der Waals surface area contributed by atoms with E-state index in [9.17, 15) is 0 Å². The fraction of sp³-hybridized carbons (Fsp3) is 0.294. The Morgan fingerprint density at radius 1 is 1.05 bits per heavy atom. The van der Waals surface area contributed by atoms with Gasteiger partial charge in [0.05, 0.1) is 0 Å². The van der Waals surface area contributed by atoms with Crippen molar-refractivity contribution in [3.63, 3.8) is 0 Å². The molecule has 5 heteroatoms. The summed E-state index contributed by atoms with van der Waals surface area (Å²) < 4.78 is 11.9. The highest BCUT2D eigenvalue weighted by Gasteiger charge is 2.18. The summed E-state index contributed by atoms with van der Waals surface area (Å²) in [6, 6.07) is 13.0. The smallest absolute Gasteiger partial charge is 0.163 e. The van der Waals surface area contributed by atoms with E-state index in [0.29, 0.717) is 22.4 Å². The number of rotatable bonds is 5. The molecular weight excluding hydrogens is 321 g/mol. The van der Waals surface area contributed by atoms with Crippen molar-refractivity contribution in [1.82, 2.24) is 5.32 Å². The van der Waals surface area contributed by atoms with E-state index in [1.54, 1.807) is 6.07 Å². The van der Waals surface area contributed by atoms with Gasteiger partial charge in [0.2, 0.25) is 0 Å². The maximum absolute atomic E-state index is 6.07. The van der Waals surface area contributed by atoms with Crippen LogP contribution in [-0.2, 0) is 6.61 Å². The van der Waals surface area contributed by atoms with Crippen LogP contribution < -0.4 is 14.8 Å². The van der Waals surface area contributed by atoms with Gasteiger partial charge in [0.1, 0.15) is 12.7 Å². The number of benzene rings is 2. The zero-order valence-corrected chi connectivity index (χ0v) is 13.5. The second-order valence-electron chi connectivity index (χ2n) is 5.24. The van der Waals surface area contributed by atoms with E-state index in [0.717, 1.165) is 30.8 Å². The summed E-state index contributed by atoms with van der Waals surface area (Å²) in [4.78, 5) is 0. The van der Waals surface area contributed by atoms with Crippen molar-refractivity contribution >= 4 is 23.2 Å². The third-order valence-electron chi connectivity index (χ3n) is 3.50. The summed E-state index contributed by atoms with van der Waals surface area (Å²) in [5.41, 5.74) is 1.00. The van der Waals surface area contributed by atoms with Crippen LogP contribution in [0.5, 0.6) is 11.5 Å². The highest BCUT2D eigenvalue weighted by atomic mass is 35.5. The van der Waals surface area contributed by atoms with Crippen LogP contribution in [0, 0.1) is 0 Å². The third kappa shape index (κ3) is 4.07. The number of ether oxygens (including phenoxy) is 2. The summed E-state index contributed by atoms with van der Waals surface area (Å²) in [7, 11) is 0. The minimum absolute atomic E-state index is 0.176. The summed E-state index contributed by atoms with van der Waals surface area (Å²) in [6.07, 6.45) is 1.17. The molecule has 1 unspecified atom stereocenters. The maximum atomic E-state index is 6.07. The van der Waals surface area contributed by atoms with Gasteiger partial charge >= 0.3 is 0 Å². The Balaban J connectivity index is 1.72. The number of hydrogen-bond acceptors (Lipinski definition) is 3. The van der Waals surface area contributed by atoms with Gasteiger partial charge in [-0.2, -0.15) is 0 Å². The molecule has 0 radical (unpaired) electrons. The second kappa shape index (κ2) is 7.23. The molecule has 2 aromatic carbocycles. The lowest BCUT2D eigenvalue weighted by Gasteiger charge is -2.17. The lowest BCUT2D eigenvalue weighted by molar-refractivity contribution is 0.204. The SMILES string of the molecule is Clc1cccc(COc2cc(Cl)ccc2OC2CCNC2)c1. The average molecular weight is 338 g/mol. The standard InChI is InChI=1S/C17H17Cl2NO2/c18-13-3-1-2-12(8-13)11-21-17-9-14(19)4-5-16(17)22-15-6-7-20-10-15/h1-5,8-9,15,20H,6-7,10-11H2. The molecule has 0 bridgehead atoms. The van der Waals surface area contributed by atoms with E-state index in [1.165, 1.54) is 0 Å². The summed E-state index contributed by atoms with van der Waals surface area (Å²) >= 11 is 12.1. The van der Waals surface area contributed by atoms with E-state index in [4.69, 9.17) is 32.7 Å². The van der Waals surface area contributed by atoms with Gasteiger partial charge in [0.25, 0.3) is 0 Å². The quantitative estimate of drug-likeness (QED) is 0.881. The van der Waals surface area contributed by atoms with Crippen LogP contribution in [0.3, 0.4) is 0 Å². The van der Waals surface area contributed by atoms with Crippen molar-refractivity contribution in [3.05, 3.63) is 58.1 Å². The molecule has 0 saturated carbocycles. The first-order valence-corrected chi connectivity index (χ1v) is 8.00. The highest BCUT2D eigenvalue weighted by Crippen LogP contribution is 2.32. The predicted molar refractivity (Wildman–Crippen MR) is 89.1 cm³/mol. The van der Waals surface area contributed by atoms with Crippen molar-refractivity contribution < 1.29 is 9.47 Å². The van der Waals surface area contributed by atoms with Crippen molar-refractivity contribution in [2.45, 2.75) is 19.1 Å². The van der Waals surface area contributed by atoms with Gasteiger partial charge in [-0.15, -0.1) is 0 Å². The molecule has 0 aromatic heterocycles. The highest BCUT2D eigenvalue weighted by molar-refractivity contribution is 6.31. The zero-order valence-electron chi connectivity index (χ0n) is 12.0. The van der Waals surface area contributed by atoms with Crippen LogP contribution in [0.1, 0.15) is 12.0 Å². The third-order valence-corrected chi connectivity index (χ3v) is 3.97. The van der Waals surface area contributed by atoms with Gasteiger partial charge in [-0.1, -0.05) is 35.3 Å².